The second-order valence-corrected chi connectivity index (χ2v) is 5.80. The van der Waals surface area contributed by atoms with Crippen LogP contribution in [0.3, 0.4) is 0 Å². The summed E-state index contributed by atoms with van der Waals surface area (Å²) in [7, 11) is 0. The minimum absolute atomic E-state index is 0.162. The van der Waals surface area contributed by atoms with Crippen LogP contribution in [0.25, 0.3) is 5.53 Å². The number of hydrogen-bond donors (Lipinski definition) is 0. The molecule has 2 rings (SSSR count). The summed E-state index contributed by atoms with van der Waals surface area (Å²) in [5, 5.41) is -0.172. The van der Waals surface area contributed by atoms with Gasteiger partial charge in [0, 0.05) is 12.7 Å². The van der Waals surface area contributed by atoms with Crippen LogP contribution in [0.5, 0.6) is 0 Å². The van der Waals surface area contributed by atoms with E-state index in [2.05, 4.69) is 4.79 Å². The van der Waals surface area contributed by atoms with Crippen LogP contribution in [0.1, 0.15) is 23.4 Å². The second kappa shape index (κ2) is 6.03. The monoisotopic (exact) mass is 289 g/mol. The van der Waals surface area contributed by atoms with E-state index in [1.165, 1.54) is 6.92 Å². The molecule has 0 N–H and O–H groups in total. The van der Waals surface area contributed by atoms with Crippen molar-refractivity contribution < 1.29 is 14.4 Å². The first-order valence-corrected chi connectivity index (χ1v) is 7.28. The zero-order valence-electron chi connectivity index (χ0n) is 11.3. The number of benzene rings is 1. The van der Waals surface area contributed by atoms with Crippen molar-refractivity contribution in [2.24, 2.45) is 0 Å². The van der Waals surface area contributed by atoms with Crippen LogP contribution in [-0.4, -0.2) is 39.4 Å². The van der Waals surface area contributed by atoms with Crippen LogP contribution in [0.2, 0.25) is 0 Å². The Kier molecular flexibility index (Phi) is 4.37. The molecule has 5 nitrogen and oxygen atoms in total. The molecule has 2 atom stereocenters. The average molecular weight is 289 g/mol. The molecule has 1 saturated heterocycles. The van der Waals surface area contributed by atoms with Crippen molar-refractivity contribution in [3.8, 4) is 0 Å². The Bertz CT molecular complexity index is 579. The van der Waals surface area contributed by atoms with Gasteiger partial charge in [0.15, 0.2) is 0 Å². The van der Waals surface area contributed by atoms with E-state index in [0.29, 0.717) is 5.75 Å². The molecule has 0 radical (unpaired) electrons. The van der Waals surface area contributed by atoms with Crippen LogP contribution in [0.15, 0.2) is 24.3 Å². The van der Waals surface area contributed by atoms with Crippen LogP contribution in [0.4, 0.5) is 0 Å². The number of nitrogens with zero attached hydrogens (tertiary/aromatic N) is 3. The van der Waals surface area contributed by atoms with E-state index >= 15 is 0 Å². The molecule has 0 aromatic heterocycles. The van der Waals surface area contributed by atoms with E-state index in [4.69, 9.17) is 5.53 Å². The van der Waals surface area contributed by atoms with Gasteiger partial charge in [0.25, 0.3) is 5.78 Å². The van der Waals surface area contributed by atoms with Gasteiger partial charge in [0.05, 0.1) is 0 Å². The normalized spacial score (nSPS) is 21.4. The Morgan fingerprint density at radius 2 is 2.05 bits per heavy atom. The number of carbonyl (C=O) groups excluding carboxylic acids is 2. The highest BCUT2D eigenvalue weighted by atomic mass is 32.2. The molecular weight excluding hydrogens is 274 g/mol. The molecule has 1 aliphatic heterocycles. The summed E-state index contributed by atoms with van der Waals surface area (Å²) in [6.45, 7) is 3.45. The van der Waals surface area contributed by atoms with Gasteiger partial charge in [-0.3, -0.25) is 9.59 Å². The van der Waals surface area contributed by atoms with Crippen molar-refractivity contribution >= 4 is 29.7 Å². The maximum absolute atomic E-state index is 11.9. The number of Topliss-reactive ketones (excluding diaryl/α,β-unsaturated/α-hetero) is 1. The maximum atomic E-state index is 11.9. The third-order valence-electron chi connectivity index (χ3n) is 3.24. The number of hydrogen-bond acceptors (Lipinski definition) is 3. The zero-order valence-corrected chi connectivity index (χ0v) is 12.1. The molecule has 0 bridgehead atoms. The number of rotatable bonds is 3. The predicted octanol–water partition coefficient (Wildman–Crippen LogP) is 1.83. The largest absolute Gasteiger partial charge is 0.361 e. The molecule has 1 heterocycles. The van der Waals surface area contributed by atoms with Gasteiger partial charge >= 0.3 is 6.21 Å². The molecule has 20 heavy (non-hydrogen) atoms. The predicted molar refractivity (Wildman–Crippen MR) is 77.4 cm³/mol. The minimum Gasteiger partial charge on any atom is -0.361 e. The first-order chi connectivity index (χ1) is 9.54. The first kappa shape index (κ1) is 14.5. The molecule has 1 fully saturated rings. The lowest BCUT2D eigenvalue weighted by Crippen LogP contribution is -2.42. The van der Waals surface area contributed by atoms with Crippen molar-refractivity contribution in [2.45, 2.75) is 25.3 Å². The highest BCUT2D eigenvalue weighted by Gasteiger charge is 2.41. The van der Waals surface area contributed by atoms with E-state index in [0.717, 1.165) is 17.3 Å². The minimum atomic E-state index is -0.570. The van der Waals surface area contributed by atoms with Crippen LogP contribution >= 0.6 is 11.8 Å². The Morgan fingerprint density at radius 1 is 1.40 bits per heavy atom. The van der Waals surface area contributed by atoms with E-state index in [1.54, 1.807) is 16.7 Å². The number of thioether (sulfide) groups is 1. The molecule has 0 saturated carbocycles. The molecule has 0 unspecified atom stereocenters. The molecule has 1 amide bonds. The highest BCUT2D eigenvalue weighted by Crippen LogP contribution is 2.41. The quantitative estimate of drug-likeness (QED) is 0.484. The van der Waals surface area contributed by atoms with E-state index < -0.39 is 6.04 Å². The molecule has 1 aromatic rings. The van der Waals surface area contributed by atoms with Crippen LogP contribution < -0.4 is 0 Å². The Balaban J connectivity index is 2.31. The summed E-state index contributed by atoms with van der Waals surface area (Å²) < 4.78 is 0. The van der Waals surface area contributed by atoms with Gasteiger partial charge in [-0.25, -0.2) is 0 Å². The van der Waals surface area contributed by atoms with Gasteiger partial charge in [-0.15, -0.1) is 11.8 Å². The summed E-state index contributed by atoms with van der Waals surface area (Å²) in [5.74, 6) is -0.0155. The van der Waals surface area contributed by atoms with Gasteiger partial charge in [0.2, 0.25) is 5.91 Å². The van der Waals surface area contributed by atoms with E-state index in [9.17, 15) is 9.59 Å². The molecule has 1 aromatic carbocycles. The third-order valence-corrected chi connectivity index (χ3v) is 4.56. The summed E-state index contributed by atoms with van der Waals surface area (Å²) in [6, 6.07) is 7.34. The molecule has 0 aliphatic carbocycles. The Morgan fingerprint density at radius 3 is 2.60 bits per heavy atom. The lowest BCUT2D eigenvalue weighted by Gasteiger charge is -2.26. The fraction of sp³-hybridized carbons (Fsp3) is 0.357. The van der Waals surface area contributed by atoms with Crippen molar-refractivity contribution in [2.75, 3.05) is 5.75 Å². The fourth-order valence-corrected chi connectivity index (χ4v) is 3.74. The second-order valence-electron chi connectivity index (χ2n) is 4.69. The van der Waals surface area contributed by atoms with Gasteiger partial charge in [-0.1, -0.05) is 29.8 Å². The number of amides is 1. The van der Waals surface area contributed by atoms with Gasteiger partial charge in [-0.05, 0) is 12.5 Å². The summed E-state index contributed by atoms with van der Waals surface area (Å²) >= 11 is 1.54. The van der Waals surface area contributed by atoms with Gasteiger partial charge in [0.1, 0.15) is 11.4 Å². The SMILES string of the molecule is CC(=O)N1[C@@H](c2ccc(C)cc2)SC[C@H]1C(=O)C=[N+]=[N-]. The summed E-state index contributed by atoms with van der Waals surface area (Å²) in [5.41, 5.74) is 10.6. The average Bonchev–Trinajstić information content (AvgIpc) is 2.84. The third kappa shape index (κ3) is 2.81. The van der Waals surface area contributed by atoms with Crippen molar-refractivity contribution in [3.63, 3.8) is 0 Å². The number of ketones is 1. The number of aryl methyl sites for hydroxylation is 1. The Hall–Kier alpha value is -1.91. The van der Waals surface area contributed by atoms with Gasteiger partial charge < -0.3 is 10.4 Å². The highest BCUT2D eigenvalue weighted by molar-refractivity contribution is 7.99. The molecular formula is C14H15N3O2S. The first-order valence-electron chi connectivity index (χ1n) is 6.23. The lowest BCUT2D eigenvalue weighted by atomic mass is 10.1. The molecule has 104 valence electrons. The fourth-order valence-electron chi connectivity index (χ4n) is 2.24. The molecule has 1 aliphatic rings. The lowest BCUT2D eigenvalue weighted by molar-refractivity contribution is -0.135. The molecule has 0 spiro atoms. The van der Waals surface area contributed by atoms with Crippen LogP contribution in [-0.2, 0) is 9.59 Å². The standard InChI is InChI=1S/C14H15N3O2S/c1-9-3-5-11(6-4-9)14-17(10(2)18)12(8-20-14)13(19)7-16-15/h3-7,12,14H,8H2,1-2H3/t12-,14+/m0/s1. The molecule has 6 heteroatoms. The number of carbonyl (C=O) groups is 2. The van der Waals surface area contributed by atoms with Crippen molar-refractivity contribution in [1.29, 1.82) is 0 Å². The smallest absolute Gasteiger partial charge is 0.325 e. The maximum Gasteiger partial charge on any atom is 0.325 e. The van der Waals surface area contributed by atoms with Crippen LogP contribution in [0, 0.1) is 6.92 Å². The zero-order chi connectivity index (χ0) is 14.7. The van der Waals surface area contributed by atoms with Crippen molar-refractivity contribution in [1.82, 2.24) is 4.90 Å². The Labute approximate surface area is 121 Å². The summed E-state index contributed by atoms with van der Waals surface area (Å²) in [4.78, 5) is 28.1. The van der Waals surface area contributed by atoms with E-state index in [1.807, 2.05) is 31.2 Å². The van der Waals surface area contributed by atoms with Crippen molar-refractivity contribution in [3.05, 3.63) is 40.9 Å². The summed E-state index contributed by atoms with van der Waals surface area (Å²) in [6.07, 6.45) is 0.860. The topological polar surface area (TPSA) is 73.8 Å². The van der Waals surface area contributed by atoms with E-state index in [-0.39, 0.29) is 17.1 Å². The van der Waals surface area contributed by atoms with Gasteiger partial charge in [-0.2, -0.15) is 4.79 Å².